The van der Waals surface area contributed by atoms with Gasteiger partial charge in [0, 0.05) is 0 Å². The number of phosphoric acid groups is 1. The largest absolute Gasteiger partial charge is 0.472 e. The fourth-order valence-corrected chi connectivity index (χ4v) is 7.02. The lowest BCUT2D eigenvalue weighted by Crippen LogP contribution is -2.27. The second kappa shape index (κ2) is 36.9. The van der Waals surface area contributed by atoms with Gasteiger partial charge in [0.2, 0.25) is 0 Å². The zero-order valence-corrected chi connectivity index (χ0v) is 31.9. The monoisotopic (exact) mass is 660 g/mol. The lowest BCUT2D eigenvalue weighted by atomic mass is 10.1. The van der Waals surface area contributed by atoms with Crippen LogP contribution in [-0.2, 0) is 13.6 Å². The summed E-state index contributed by atoms with van der Waals surface area (Å²) in [5.74, 6) is 0. The summed E-state index contributed by atoms with van der Waals surface area (Å²) in [7, 11) is -3.89. The van der Waals surface area contributed by atoms with Crippen LogP contribution in [0.25, 0.3) is 0 Å². The summed E-state index contributed by atoms with van der Waals surface area (Å²) >= 11 is 0. The molecule has 1 N–H and O–H groups in total. The number of rotatable bonds is 39. The highest BCUT2D eigenvalue weighted by Gasteiger charge is 2.19. The molecule has 0 amide bonds. The summed E-state index contributed by atoms with van der Waals surface area (Å²) < 4.78 is 22.4. The van der Waals surface area contributed by atoms with Gasteiger partial charge in [0.05, 0.1) is 13.2 Å². The molecule has 0 aliphatic carbocycles. The fourth-order valence-electron chi connectivity index (χ4n) is 6.23. The Kier molecular flexibility index (Phi) is 37.0. The molecule has 0 radical (unpaired) electrons. The number of nitrogens with zero attached hydrogens (tertiary/aromatic N) is 1. The smallest absolute Gasteiger partial charge is 0.303 e. The molecule has 0 rings (SSSR count). The first-order valence-corrected chi connectivity index (χ1v) is 21.9. The zero-order valence-electron chi connectivity index (χ0n) is 31.0. The third-order valence-corrected chi connectivity index (χ3v) is 10.3. The third-order valence-electron chi connectivity index (χ3n) is 9.28. The van der Waals surface area contributed by atoms with Gasteiger partial charge in [-0.1, -0.05) is 188 Å². The molecule has 0 spiro atoms. The molecule has 0 saturated heterocycles. The molecule has 0 aliphatic rings. The van der Waals surface area contributed by atoms with Crippen LogP contribution in [0, 0.1) is 0 Å². The average molecular weight is 660 g/mol. The van der Waals surface area contributed by atoms with E-state index in [2.05, 4.69) is 25.7 Å². The Balaban J connectivity index is 3.95. The van der Waals surface area contributed by atoms with Crippen LogP contribution in [0.3, 0.4) is 0 Å². The van der Waals surface area contributed by atoms with E-state index in [9.17, 15) is 9.46 Å². The van der Waals surface area contributed by atoms with E-state index < -0.39 is 7.82 Å². The van der Waals surface area contributed by atoms with Crippen molar-refractivity contribution in [2.24, 2.45) is 0 Å². The standard InChI is InChI=1S/C39H82NO4P/c1-4-7-10-13-16-18-20-25-30-35-40(36-31-26-21-19-17-14-11-8-5-2)37-32-27-22-24-29-34-39-44-45(41,42)43-38-33-28-23-15-12-9-6-3/h4-39H2,1-3H3,(H,41,42). The molecule has 0 fully saturated rings. The molecular formula is C39H82NO4P. The van der Waals surface area contributed by atoms with Gasteiger partial charge >= 0.3 is 7.82 Å². The molecule has 0 aliphatic heterocycles. The molecule has 0 aromatic carbocycles. The molecule has 45 heavy (non-hydrogen) atoms. The van der Waals surface area contributed by atoms with Crippen molar-refractivity contribution in [2.45, 2.75) is 220 Å². The molecule has 0 aromatic rings. The number of hydrogen-bond acceptors (Lipinski definition) is 4. The van der Waals surface area contributed by atoms with Crippen molar-refractivity contribution < 1.29 is 18.5 Å². The average Bonchev–Trinajstić information content (AvgIpc) is 3.03. The van der Waals surface area contributed by atoms with E-state index in [-0.39, 0.29) is 0 Å². The van der Waals surface area contributed by atoms with E-state index in [1.165, 1.54) is 193 Å². The lowest BCUT2D eigenvalue weighted by molar-refractivity contribution is 0.145. The molecule has 1 atom stereocenters. The van der Waals surface area contributed by atoms with Crippen molar-refractivity contribution in [1.82, 2.24) is 4.90 Å². The van der Waals surface area contributed by atoms with Crippen molar-refractivity contribution in [1.29, 1.82) is 0 Å². The maximum absolute atomic E-state index is 12.1. The van der Waals surface area contributed by atoms with Gasteiger partial charge in [0.25, 0.3) is 0 Å². The number of unbranched alkanes of at least 4 members (excludes halogenated alkanes) is 27. The Bertz CT molecular complexity index is 584. The highest BCUT2D eigenvalue weighted by Crippen LogP contribution is 2.43. The van der Waals surface area contributed by atoms with Gasteiger partial charge in [-0.15, -0.1) is 0 Å². The molecule has 0 aromatic heterocycles. The predicted molar refractivity (Wildman–Crippen MR) is 198 cm³/mol. The second-order valence-electron chi connectivity index (χ2n) is 13.9. The summed E-state index contributed by atoms with van der Waals surface area (Å²) in [6.07, 6.45) is 40.3. The van der Waals surface area contributed by atoms with E-state index in [0.717, 1.165) is 25.7 Å². The van der Waals surface area contributed by atoms with Gasteiger partial charge in [-0.2, -0.15) is 0 Å². The second-order valence-corrected chi connectivity index (χ2v) is 15.3. The van der Waals surface area contributed by atoms with Crippen LogP contribution in [0.15, 0.2) is 0 Å². The van der Waals surface area contributed by atoms with E-state index >= 15 is 0 Å². The topological polar surface area (TPSA) is 59.0 Å². The minimum atomic E-state index is -3.89. The van der Waals surface area contributed by atoms with E-state index in [4.69, 9.17) is 9.05 Å². The van der Waals surface area contributed by atoms with Gasteiger partial charge in [-0.3, -0.25) is 9.05 Å². The SMILES string of the molecule is CCCCCCCCCCCN(CCCCCCCCCCC)CCCCCCCCOP(=O)(O)OCCCCCCCCC. The zero-order chi connectivity index (χ0) is 32.9. The first-order valence-electron chi connectivity index (χ1n) is 20.4. The molecule has 1 unspecified atom stereocenters. The molecule has 0 heterocycles. The summed E-state index contributed by atoms with van der Waals surface area (Å²) in [5, 5.41) is 0. The number of phosphoric ester groups is 1. The minimum absolute atomic E-state index is 0.316. The Labute approximate surface area is 283 Å². The Morgan fingerprint density at radius 1 is 0.378 bits per heavy atom. The maximum Gasteiger partial charge on any atom is 0.472 e. The van der Waals surface area contributed by atoms with Crippen LogP contribution >= 0.6 is 7.82 Å². The Morgan fingerprint density at radius 3 is 0.867 bits per heavy atom. The van der Waals surface area contributed by atoms with Crippen LogP contribution in [0.4, 0.5) is 0 Å². The normalized spacial score (nSPS) is 13.2. The van der Waals surface area contributed by atoms with Gasteiger partial charge < -0.3 is 9.79 Å². The summed E-state index contributed by atoms with van der Waals surface area (Å²) in [6, 6.07) is 0. The van der Waals surface area contributed by atoms with Gasteiger partial charge in [-0.05, 0) is 51.7 Å². The van der Waals surface area contributed by atoms with Crippen LogP contribution in [0.1, 0.15) is 220 Å². The first-order chi connectivity index (χ1) is 22.1. The highest BCUT2D eigenvalue weighted by molar-refractivity contribution is 7.47. The molecule has 6 heteroatoms. The van der Waals surface area contributed by atoms with Crippen molar-refractivity contribution in [3.63, 3.8) is 0 Å². The first kappa shape index (κ1) is 45.1. The van der Waals surface area contributed by atoms with E-state index in [0.29, 0.717) is 13.2 Å². The van der Waals surface area contributed by atoms with Crippen molar-refractivity contribution >= 4 is 7.82 Å². The fraction of sp³-hybridized carbons (Fsp3) is 1.00. The van der Waals surface area contributed by atoms with Gasteiger partial charge in [-0.25, -0.2) is 4.57 Å². The van der Waals surface area contributed by atoms with Gasteiger partial charge in [0.15, 0.2) is 0 Å². The maximum atomic E-state index is 12.1. The third kappa shape index (κ3) is 36.7. The lowest BCUT2D eigenvalue weighted by Gasteiger charge is -2.22. The van der Waals surface area contributed by atoms with E-state index in [1.54, 1.807) is 0 Å². The minimum Gasteiger partial charge on any atom is -0.303 e. The molecule has 5 nitrogen and oxygen atoms in total. The summed E-state index contributed by atoms with van der Waals surface area (Å²) in [5.41, 5.74) is 0. The summed E-state index contributed by atoms with van der Waals surface area (Å²) in [4.78, 5) is 12.7. The molecular weight excluding hydrogens is 577 g/mol. The number of hydrogen-bond donors (Lipinski definition) is 1. The molecule has 272 valence electrons. The van der Waals surface area contributed by atoms with Crippen LogP contribution < -0.4 is 0 Å². The van der Waals surface area contributed by atoms with Gasteiger partial charge in [0.1, 0.15) is 0 Å². The molecule has 0 saturated carbocycles. The quantitative estimate of drug-likeness (QED) is 0.0525. The van der Waals surface area contributed by atoms with Crippen molar-refractivity contribution in [2.75, 3.05) is 32.8 Å². The van der Waals surface area contributed by atoms with Crippen molar-refractivity contribution in [3.05, 3.63) is 0 Å². The van der Waals surface area contributed by atoms with Crippen molar-refractivity contribution in [3.8, 4) is 0 Å². The highest BCUT2D eigenvalue weighted by atomic mass is 31.2. The Morgan fingerprint density at radius 2 is 0.600 bits per heavy atom. The van der Waals surface area contributed by atoms with Crippen LogP contribution in [0.2, 0.25) is 0 Å². The van der Waals surface area contributed by atoms with Crippen LogP contribution in [0.5, 0.6) is 0 Å². The predicted octanol–water partition coefficient (Wildman–Crippen LogP) is 13.6. The van der Waals surface area contributed by atoms with Crippen LogP contribution in [-0.4, -0.2) is 42.6 Å². The summed E-state index contributed by atoms with van der Waals surface area (Å²) in [6.45, 7) is 11.3. The van der Waals surface area contributed by atoms with E-state index in [1.807, 2.05) is 0 Å². The Hall–Kier alpha value is 0.0700. The molecule has 0 bridgehead atoms.